The van der Waals surface area contributed by atoms with E-state index in [9.17, 15) is 5.11 Å². The number of ether oxygens (including phenoxy) is 1. The van der Waals surface area contributed by atoms with Crippen LogP contribution < -0.4 is 0 Å². The highest BCUT2D eigenvalue weighted by Crippen LogP contribution is 2.20. The Labute approximate surface area is 75.4 Å². The molecular weight excluding hydrogens is 176 g/mol. The van der Waals surface area contributed by atoms with Crippen LogP contribution in [0.5, 0.6) is 0 Å². The molecule has 0 spiro atoms. The summed E-state index contributed by atoms with van der Waals surface area (Å²) in [6.07, 6.45) is 0.219. The molecule has 5 heteroatoms. The Hall–Kier alpha value is -0.520. The number of methoxy groups -OCH3 is 1. The summed E-state index contributed by atoms with van der Waals surface area (Å²) in [5.74, 6) is 0. The summed E-state index contributed by atoms with van der Waals surface area (Å²) < 4.78 is 8.60. The molecule has 1 atom stereocenters. The second-order valence-electron chi connectivity index (χ2n) is 2.41. The van der Waals surface area contributed by atoms with Crippen molar-refractivity contribution < 1.29 is 9.84 Å². The minimum Gasteiger partial charge on any atom is -0.385 e. The van der Waals surface area contributed by atoms with Gasteiger partial charge in [0.25, 0.3) is 0 Å². The highest BCUT2D eigenvalue weighted by Gasteiger charge is 2.14. The average Bonchev–Trinajstić information content (AvgIpc) is 2.51. The number of rotatable bonds is 4. The molecule has 1 rings (SSSR count). The Morgan fingerprint density at radius 1 is 1.67 bits per heavy atom. The molecule has 68 valence electrons. The Morgan fingerprint density at radius 3 is 3.00 bits per heavy atom. The molecule has 1 heterocycles. The largest absolute Gasteiger partial charge is 0.385 e. The number of hydrogen-bond donors (Lipinski definition) is 1. The average molecular weight is 188 g/mol. The van der Waals surface area contributed by atoms with Crippen molar-refractivity contribution in [1.82, 2.24) is 9.59 Å². The molecule has 0 bridgehead atoms. The van der Waals surface area contributed by atoms with Gasteiger partial charge in [-0.05, 0) is 18.0 Å². The predicted octanol–water partition coefficient (Wildman–Crippen LogP) is 0.780. The van der Waals surface area contributed by atoms with Crippen molar-refractivity contribution in [2.24, 2.45) is 0 Å². The summed E-state index contributed by atoms with van der Waals surface area (Å²) in [6, 6.07) is 0. The number of aryl methyl sites for hydroxylation is 1. The van der Waals surface area contributed by atoms with Crippen molar-refractivity contribution in [3.05, 3.63) is 10.6 Å². The first-order valence-corrected chi connectivity index (χ1v) is 4.55. The van der Waals surface area contributed by atoms with Crippen LogP contribution in [0.4, 0.5) is 0 Å². The molecule has 1 N–H and O–H groups in total. The molecule has 1 aromatic rings. The molecule has 0 fully saturated rings. The van der Waals surface area contributed by atoms with Crippen LogP contribution in [-0.4, -0.2) is 28.4 Å². The van der Waals surface area contributed by atoms with Crippen LogP contribution in [0.15, 0.2) is 0 Å². The fourth-order valence-corrected chi connectivity index (χ4v) is 1.65. The third-order valence-electron chi connectivity index (χ3n) is 1.55. The zero-order valence-corrected chi connectivity index (χ0v) is 7.97. The Bertz CT molecular complexity index is 239. The summed E-state index contributed by atoms with van der Waals surface area (Å²) in [4.78, 5) is 0.819. The van der Waals surface area contributed by atoms with Gasteiger partial charge in [0.15, 0.2) is 0 Å². The molecule has 0 aliphatic rings. The van der Waals surface area contributed by atoms with Crippen LogP contribution in [0.25, 0.3) is 0 Å². The molecule has 1 unspecified atom stereocenters. The fourth-order valence-electron chi connectivity index (χ4n) is 0.947. The zero-order valence-electron chi connectivity index (χ0n) is 7.15. The van der Waals surface area contributed by atoms with Gasteiger partial charge in [-0.2, -0.15) is 0 Å². The molecule has 12 heavy (non-hydrogen) atoms. The van der Waals surface area contributed by atoms with Crippen LogP contribution in [0, 0.1) is 0 Å². The monoisotopic (exact) mass is 188 g/mol. The number of aliphatic hydroxyl groups is 1. The smallest absolute Gasteiger partial charge is 0.115 e. The maximum atomic E-state index is 9.53. The van der Waals surface area contributed by atoms with Gasteiger partial charge in [-0.3, -0.25) is 0 Å². The van der Waals surface area contributed by atoms with Crippen LogP contribution in [-0.2, 0) is 11.2 Å². The highest BCUT2D eigenvalue weighted by molar-refractivity contribution is 7.05. The summed E-state index contributed by atoms with van der Waals surface area (Å²) >= 11 is 1.23. The maximum Gasteiger partial charge on any atom is 0.115 e. The Morgan fingerprint density at radius 2 is 2.42 bits per heavy atom. The first kappa shape index (κ1) is 9.57. The number of aromatic nitrogens is 2. The van der Waals surface area contributed by atoms with Gasteiger partial charge in [0.05, 0.1) is 17.2 Å². The van der Waals surface area contributed by atoms with E-state index in [0.29, 0.717) is 6.61 Å². The normalized spacial score (nSPS) is 13.2. The van der Waals surface area contributed by atoms with Gasteiger partial charge in [-0.1, -0.05) is 11.4 Å². The van der Waals surface area contributed by atoms with E-state index in [2.05, 4.69) is 9.59 Å². The Balaban J connectivity index is 2.71. The standard InChI is InChI=1S/C7H12N2O2S/c1-3-5-7(12-9-8-5)6(10)4-11-2/h6,10H,3-4H2,1-2H3. The van der Waals surface area contributed by atoms with Crippen molar-refractivity contribution in [2.45, 2.75) is 19.4 Å². The second kappa shape index (κ2) is 4.49. The zero-order chi connectivity index (χ0) is 8.97. The summed E-state index contributed by atoms with van der Waals surface area (Å²) in [5.41, 5.74) is 0.865. The lowest BCUT2D eigenvalue weighted by Crippen LogP contribution is -2.05. The third kappa shape index (κ3) is 2.00. The lowest BCUT2D eigenvalue weighted by Gasteiger charge is -2.06. The Kier molecular flexibility index (Phi) is 3.58. The van der Waals surface area contributed by atoms with Gasteiger partial charge >= 0.3 is 0 Å². The molecule has 0 radical (unpaired) electrons. The topological polar surface area (TPSA) is 55.2 Å². The number of nitrogens with zero attached hydrogens (tertiary/aromatic N) is 2. The molecule has 0 amide bonds. The molecule has 0 aliphatic carbocycles. The number of aliphatic hydroxyl groups excluding tert-OH is 1. The molecule has 0 saturated carbocycles. The first-order valence-electron chi connectivity index (χ1n) is 3.77. The second-order valence-corrected chi connectivity index (χ2v) is 3.19. The van der Waals surface area contributed by atoms with Crippen molar-refractivity contribution in [3.63, 3.8) is 0 Å². The van der Waals surface area contributed by atoms with E-state index < -0.39 is 6.10 Å². The SMILES string of the molecule is CCc1nnsc1C(O)COC. The van der Waals surface area contributed by atoms with E-state index in [4.69, 9.17) is 4.74 Å². The molecule has 4 nitrogen and oxygen atoms in total. The number of hydrogen-bond acceptors (Lipinski definition) is 5. The van der Waals surface area contributed by atoms with E-state index in [1.54, 1.807) is 7.11 Å². The van der Waals surface area contributed by atoms with Gasteiger partial charge in [0.2, 0.25) is 0 Å². The minimum atomic E-state index is -0.579. The lowest BCUT2D eigenvalue weighted by molar-refractivity contribution is 0.0660. The van der Waals surface area contributed by atoms with Crippen molar-refractivity contribution in [3.8, 4) is 0 Å². The van der Waals surface area contributed by atoms with E-state index in [-0.39, 0.29) is 0 Å². The van der Waals surface area contributed by atoms with E-state index in [1.807, 2.05) is 6.92 Å². The highest BCUT2D eigenvalue weighted by atomic mass is 32.1. The van der Waals surface area contributed by atoms with Gasteiger partial charge in [0.1, 0.15) is 6.10 Å². The lowest BCUT2D eigenvalue weighted by atomic mass is 10.2. The van der Waals surface area contributed by atoms with E-state index >= 15 is 0 Å². The molecule has 1 aromatic heterocycles. The third-order valence-corrected chi connectivity index (χ3v) is 2.41. The minimum absolute atomic E-state index is 0.302. The molecule has 0 aliphatic heterocycles. The van der Waals surface area contributed by atoms with Crippen molar-refractivity contribution >= 4 is 11.5 Å². The van der Waals surface area contributed by atoms with Crippen LogP contribution in [0.3, 0.4) is 0 Å². The van der Waals surface area contributed by atoms with E-state index in [0.717, 1.165) is 17.0 Å². The fraction of sp³-hybridized carbons (Fsp3) is 0.714. The van der Waals surface area contributed by atoms with Gasteiger partial charge in [-0.15, -0.1) is 5.10 Å². The van der Waals surface area contributed by atoms with Crippen molar-refractivity contribution in [1.29, 1.82) is 0 Å². The maximum absolute atomic E-state index is 9.53. The van der Waals surface area contributed by atoms with E-state index in [1.165, 1.54) is 11.5 Å². The van der Waals surface area contributed by atoms with Gasteiger partial charge < -0.3 is 9.84 Å². The summed E-state index contributed by atoms with van der Waals surface area (Å²) in [6.45, 7) is 2.29. The molecule has 0 aromatic carbocycles. The quantitative estimate of drug-likeness (QED) is 0.758. The van der Waals surface area contributed by atoms with Gasteiger partial charge in [0, 0.05) is 7.11 Å². The van der Waals surface area contributed by atoms with Crippen molar-refractivity contribution in [2.75, 3.05) is 13.7 Å². The van der Waals surface area contributed by atoms with Crippen LogP contribution >= 0.6 is 11.5 Å². The van der Waals surface area contributed by atoms with Gasteiger partial charge in [-0.25, -0.2) is 0 Å². The predicted molar refractivity (Wildman–Crippen MR) is 46.1 cm³/mol. The molecule has 0 saturated heterocycles. The summed E-state index contributed by atoms with van der Waals surface area (Å²) in [5, 5.41) is 13.4. The van der Waals surface area contributed by atoms with Crippen LogP contribution in [0.2, 0.25) is 0 Å². The first-order chi connectivity index (χ1) is 5.79. The summed E-state index contributed by atoms with van der Waals surface area (Å²) in [7, 11) is 1.56. The van der Waals surface area contributed by atoms with Crippen LogP contribution in [0.1, 0.15) is 23.6 Å². The molecular formula is C7H12N2O2S.